The zero-order valence-corrected chi connectivity index (χ0v) is 25.8. The minimum atomic E-state index is -0.490. The molecule has 1 fully saturated rings. The first kappa shape index (κ1) is 29.0. The molecule has 1 aliphatic rings. The van der Waals surface area contributed by atoms with Gasteiger partial charge in [0.05, 0.1) is 26.7 Å². The lowest BCUT2D eigenvalue weighted by molar-refractivity contribution is -0.118. The first-order valence-electron chi connectivity index (χ1n) is 13.9. The van der Waals surface area contributed by atoms with Crippen molar-refractivity contribution in [3.8, 4) is 39.4 Å². The van der Waals surface area contributed by atoms with Crippen LogP contribution < -0.4 is 30.6 Å². The highest BCUT2D eigenvalue weighted by molar-refractivity contribution is 7.19. The summed E-state index contributed by atoms with van der Waals surface area (Å²) in [5.41, 5.74) is 11.0. The molecule has 0 spiro atoms. The van der Waals surface area contributed by atoms with Crippen LogP contribution >= 0.6 is 11.3 Å². The number of carbonyl (C=O) groups is 1. The van der Waals surface area contributed by atoms with Gasteiger partial charge in [0.25, 0.3) is 5.89 Å². The van der Waals surface area contributed by atoms with E-state index in [0.717, 1.165) is 29.5 Å². The Bertz CT molecular complexity index is 1820. The number of anilines is 4. The molecule has 3 aromatic carbocycles. The maximum atomic E-state index is 13.4. The Morgan fingerprint density at radius 1 is 0.932 bits per heavy atom. The molecule has 226 valence electrons. The van der Waals surface area contributed by atoms with E-state index in [1.165, 1.54) is 16.9 Å². The number of methoxy groups -OCH3 is 3. The zero-order chi connectivity index (χ0) is 31.0. The van der Waals surface area contributed by atoms with Gasteiger partial charge in [-0.05, 0) is 49.9 Å². The van der Waals surface area contributed by atoms with Gasteiger partial charge in [0.1, 0.15) is 10.7 Å². The minimum Gasteiger partial charge on any atom is -0.493 e. The monoisotopic (exact) mass is 612 g/mol. The van der Waals surface area contributed by atoms with E-state index in [-0.39, 0.29) is 17.6 Å². The molecule has 1 amide bonds. The van der Waals surface area contributed by atoms with Crippen LogP contribution in [0.4, 0.5) is 22.3 Å². The van der Waals surface area contributed by atoms with Gasteiger partial charge in [-0.15, -0.1) is 0 Å². The highest BCUT2D eigenvalue weighted by Crippen LogP contribution is 2.49. The summed E-state index contributed by atoms with van der Waals surface area (Å²) in [7, 11) is 4.64. The van der Waals surface area contributed by atoms with E-state index in [1.807, 2.05) is 56.3 Å². The van der Waals surface area contributed by atoms with Gasteiger partial charge >= 0.3 is 0 Å². The third-order valence-electron chi connectivity index (χ3n) is 7.71. The third kappa shape index (κ3) is 5.39. The molecular formula is C32H32N6O5S. The molecule has 0 aliphatic heterocycles. The van der Waals surface area contributed by atoms with E-state index < -0.39 is 5.41 Å². The largest absolute Gasteiger partial charge is 0.493 e. The summed E-state index contributed by atoms with van der Waals surface area (Å²) in [4.78, 5) is 23.0. The van der Waals surface area contributed by atoms with Crippen molar-refractivity contribution in [1.29, 1.82) is 0 Å². The van der Waals surface area contributed by atoms with Gasteiger partial charge in [-0.25, -0.2) is 4.98 Å². The smallest absolute Gasteiger partial charge is 0.272 e. The topological polar surface area (TPSA) is 147 Å². The summed E-state index contributed by atoms with van der Waals surface area (Å²) in [6.07, 6.45) is 1.64. The number of nitrogen functional groups attached to an aromatic ring is 1. The van der Waals surface area contributed by atoms with Crippen LogP contribution in [0.15, 0.2) is 59.1 Å². The number of nitrogens with zero attached hydrogens (tertiary/aromatic N) is 3. The molecule has 1 saturated carbocycles. The molecule has 2 heterocycles. The second kappa shape index (κ2) is 11.5. The van der Waals surface area contributed by atoms with E-state index in [9.17, 15) is 4.79 Å². The second-order valence-corrected chi connectivity index (χ2v) is 11.6. The Morgan fingerprint density at radius 2 is 1.64 bits per heavy atom. The summed E-state index contributed by atoms with van der Waals surface area (Å²) in [5.74, 6) is 2.31. The van der Waals surface area contributed by atoms with Gasteiger partial charge in [0.15, 0.2) is 16.6 Å². The van der Waals surface area contributed by atoms with Crippen LogP contribution in [0.5, 0.6) is 17.2 Å². The number of thiazole rings is 1. The average Bonchev–Trinajstić information content (AvgIpc) is 3.56. The van der Waals surface area contributed by atoms with E-state index in [2.05, 4.69) is 25.8 Å². The molecular weight excluding hydrogens is 580 g/mol. The molecule has 2 aromatic heterocycles. The third-order valence-corrected chi connectivity index (χ3v) is 8.69. The number of ether oxygens (including phenoxy) is 3. The van der Waals surface area contributed by atoms with Gasteiger partial charge in [-0.2, -0.15) is 4.98 Å². The fraction of sp³-hybridized carbons (Fsp3) is 0.250. The van der Waals surface area contributed by atoms with Crippen LogP contribution in [-0.4, -0.2) is 42.4 Å². The molecule has 0 radical (unpaired) electrons. The Hall–Kier alpha value is -5.10. The number of carbonyl (C=O) groups excluding carboxylic acids is 1. The Labute approximate surface area is 258 Å². The van der Waals surface area contributed by atoms with Crippen LogP contribution in [-0.2, 0) is 10.2 Å². The predicted molar refractivity (Wildman–Crippen MR) is 170 cm³/mol. The summed E-state index contributed by atoms with van der Waals surface area (Å²) in [6.45, 7) is 3.99. The van der Waals surface area contributed by atoms with E-state index in [4.69, 9.17) is 24.5 Å². The summed E-state index contributed by atoms with van der Waals surface area (Å²) < 4.78 is 21.9. The average molecular weight is 613 g/mol. The van der Waals surface area contributed by atoms with Crippen molar-refractivity contribution in [2.24, 2.45) is 0 Å². The van der Waals surface area contributed by atoms with Crippen molar-refractivity contribution >= 4 is 39.6 Å². The van der Waals surface area contributed by atoms with Crippen molar-refractivity contribution in [1.82, 2.24) is 15.1 Å². The van der Waals surface area contributed by atoms with Crippen LogP contribution in [0.25, 0.3) is 22.2 Å². The Morgan fingerprint density at radius 3 is 2.27 bits per heavy atom. The highest BCUT2D eigenvalue weighted by atomic mass is 32.1. The number of hydrogen-bond donors (Lipinski definition) is 3. The van der Waals surface area contributed by atoms with Gasteiger partial charge in [-0.3, -0.25) is 4.79 Å². The summed E-state index contributed by atoms with van der Waals surface area (Å²) >= 11 is 1.26. The molecule has 5 aromatic rings. The van der Waals surface area contributed by atoms with E-state index in [1.54, 1.807) is 33.5 Å². The van der Waals surface area contributed by atoms with Crippen molar-refractivity contribution in [2.75, 3.05) is 37.7 Å². The number of amides is 1. The first-order chi connectivity index (χ1) is 21.2. The molecule has 12 heteroatoms. The van der Waals surface area contributed by atoms with Crippen molar-refractivity contribution in [3.63, 3.8) is 0 Å². The lowest BCUT2D eigenvalue weighted by atomic mass is 9.94. The Kier molecular flexibility index (Phi) is 7.60. The maximum Gasteiger partial charge on any atom is 0.272 e. The van der Waals surface area contributed by atoms with Gasteiger partial charge in [0.2, 0.25) is 17.5 Å². The molecule has 0 unspecified atom stereocenters. The van der Waals surface area contributed by atoms with Crippen molar-refractivity contribution in [2.45, 2.75) is 32.1 Å². The number of benzene rings is 3. The number of hydrogen-bond acceptors (Lipinski definition) is 11. The van der Waals surface area contributed by atoms with Crippen LogP contribution in [0.3, 0.4) is 0 Å². The minimum absolute atomic E-state index is 0.0190. The highest BCUT2D eigenvalue weighted by Gasteiger charge is 2.51. The molecule has 11 nitrogen and oxygen atoms in total. The molecule has 0 atom stereocenters. The Balaban J connectivity index is 1.22. The van der Waals surface area contributed by atoms with Gasteiger partial charge < -0.3 is 35.1 Å². The lowest BCUT2D eigenvalue weighted by Gasteiger charge is -2.17. The molecule has 44 heavy (non-hydrogen) atoms. The van der Waals surface area contributed by atoms with Crippen molar-refractivity contribution in [3.05, 3.63) is 71.3 Å². The first-order valence-corrected chi connectivity index (χ1v) is 14.7. The lowest BCUT2D eigenvalue weighted by Crippen LogP contribution is -2.27. The number of nitrogens with two attached hydrogens (primary N) is 1. The normalized spacial score (nSPS) is 13.3. The fourth-order valence-corrected chi connectivity index (χ4v) is 5.90. The molecule has 1 aliphatic carbocycles. The molecule has 6 rings (SSSR count). The summed E-state index contributed by atoms with van der Waals surface area (Å²) in [5, 5.41) is 11.1. The van der Waals surface area contributed by atoms with Crippen molar-refractivity contribution < 1.29 is 23.5 Å². The molecule has 4 N–H and O–H groups in total. The van der Waals surface area contributed by atoms with Gasteiger partial charge in [0, 0.05) is 29.1 Å². The number of aromatic nitrogens is 3. The van der Waals surface area contributed by atoms with Crippen LogP contribution in [0.1, 0.15) is 29.5 Å². The molecule has 0 saturated heterocycles. The fourth-order valence-electron chi connectivity index (χ4n) is 5.08. The number of aryl methyl sites for hydroxylation is 2. The SMILES string of the molecule is COc1cc(Nc2nc(N)c(-c3nc(-c4cc(NC(=O)C5(c6ccc(C)cc6)CC5)ccc4C)no3)s2)cc(OC)c1OC. The van der Waals surface area contributed by atoms with Crippen LogP contribution in [0, 0.1) is 13.8 Å². The van der Waals surface area contributed by atoms with E-state index >= 15 is 0 Å². The number of nitrogens with one attached hydrogen (secondary N) is 2. The van der Waals surface area contributed by atoms with Crippen LogP contribution in [0.2, 0.25) is 0 Å². The number of rotatable bonds is 10. The quantitative estimate of drug-likeness (QED) is 0.160. The zero-order valence-electron chi connectivity index (χ0n) is 25.0. The van der Waals surface area contributed by atoms with Gasteiger partial charge in [-0.1, -0.05) is 52.4 Å². The second-order valence-electron chi connectivity index (χ2n) is 10.6. The summed E-state index contributed by atoms with van der Waals surface area (Å²) in [6, 6.07) is 17.4. The maximum absolute atomic E-state index is 13.4. The molecule has 0 bridgehead atoms. The van der Waals surface area contributed by atoms with E-state index in [0.29, 0.717) is 44.5 Å². The standard InChI is InChI=1S/C32H32N6O5S/c1-17-6-9-19(10-7-17)32(12-13-32)30(39)34-20-11-8-18(2)22(14-20)28-37-29(43-38-28)26-27(33)36-31(44-26)35-21-15-23(40-3)25(42-5)24(16-21)41-4/h6-11,14-16H,12-13,33H2,1-5H3,(H,34,39)(H,35,36). The predicted octanol–water partition coefficient (Wildman–Crippen LogP) is 6.50.